The van der Waals surface area contributed by atoms with Gasteiger partial charge in [-0.05, 0) is 22.2 Å². The molecule has 4 heteroatoms. The Balaban J connectivity index is 2.37. The van der Waals surface area contributed by atoms with Crippen LogP contribution in [0.1, 0.15) is 11.1 Å². The van der Waals surface area contributed by atoms with E-state index in [9.17, 15) is 4.39 Å². The van der Waals surface area contributed by atoms with Crippen LogP contribution in [0, 0.1) is 6.92 Å². The number of hydrogen-bond donors (Lipinski definition) is 0. The van der Waals surface area contributed by atoms with Crippen LogP contribution in [0.3, 0.4) is 0 Å². The van der Waals surface area contributed by atoms with Crippen molar-refractivity contribution in [3.63, 3.8) is 0 Å². The Morgan fingerprint density at radius 3 is 3.08 bits per heavy atom. The number of hydrogen-bond acceptors (Lipinski definition) is 2. The highest BCUT2D eigenvalue weighted by Crippen LogP contribution is 2.36. The van der Waals surface area contributed by atoms with E-state index in [1.54, 1.807) is 6.07 Å². The Hall–Kier alpha value is -0.660. The second kappa shape index (κ2) is 2.93. The van der Waals surface area contributed by atoms with Crippen molar-refractivity contribution in [2.75, 3.05) is 0 Å². The number of alkyl halides is 1. The van der Waals surface area contributed by atoms with Crippen molar-refractivity contribution < 1.29 is 13.9 Å². The van der Waals surface area contributed by atoms with Crippen LogP contribution in [0.25, 0.3) is 0 Å². The molecule has 13 heavy (non-hydrogen) atoms. The molecule has 0 aliphatic carbocycles. The van der Waals surface area contributed by atoms with Gasteiger partial charge in [-0.2, -0.15) is 4.39 Å². The molecule has 0 spiro atoms. The summed E-state index contributed by atoms with van der Waals surface area (Å²) in [5.41, 5.74) is 2.00. The summed E-state index contributed by atoms with van der Waals surface area (Å²) in [6.07, 6.45) is 0. The van der Waals surface area contributed by atoms with Crippen molar-refractivity contribution >= 4 is 9.24 Å². The van der Waals surface area contributed by atoms with Crippen LogP contribution in [-0.2, 0) is 11.3 Å². The van der Waals surface area contributed by atoms with E-state index in [1.165, 1.54) is 0 Å². The highest BCUT2D eigenvalue weighted by Gasteiger charge is 2.32. The number of fused-ring (bicyclic) bond motifs is 1. The monoisotopic (exact) mass is 200 g/mol. The summed E-state index contributed by atoms with van der Waals surface area (Å²) in [6.45, 7) is 2.22. The zero-order valence-corrected chi connectivity index (χ0v) is 8.37. The summed E-state index contributed by atoms with van der Waals surface area (Å²) >= 11 is 0. The topological polar surface area (TPSA) is 18.5 Å². The number of ether oxygens (including phenoxy) is 2. The maximum Gasteiger partial charge on any atom is 0.374 e. The van der Waals surface area contributed by atoms with E-state index >= 15 is 0 Å². The maximum atomic E-state index is 13.2. The molecule has 1 aliphatic rings. The van der Waals surface area contributed by atoms with Crippen molar-refractivity contribution in [1.29, 1.82) is 0 Å². The average Bonchev–Trinajstić information content (AvgIpc) is 2.05. The van der Waals surface area contributed by atoms with Crippen LogP contribution in [-0.4, -0.2) is 5.78 Å². The fraction of sp³-hybridized carbons (Fsp3) is 0.333. The minimum absolute atomic E-state index is 0.247. The molecule has 0 bridgehead atoms. The smallest absolute Gasteiger partial charge is 0.374 e. The summed E-state index contributed by atoms with van der Waals surface area (Å²) in [7, 11) is 1.89. The van der Waals surface area contributed by atoms with Gasteiger partial charge in [0.1, 0.15) is 5.75 Å². The SMILES string of the molecule is Cc1ccc2c(c1)COC(F)(P)O2. The van der Waals surface area contributed by atoms with E-state index in [4.69, 9.17) is 9.47 Å². The molecule has 2 nitrogen and oxygen atoms in total. The van der Waals surface area contributed by atoms with Crippen LogP contribution >= 0.6 is 9.24 Å². The Bertz CT molecular complexity index is 338. The van der Waals surface area contributed by atoms with Gasteiger partial charge < -0.3 is 9.47 Å². The molecule has 0 saturated heterocycles. The Morgan fingerprint density at radius 1 is 1.54 bits per heavy atom. The van der Waals surface area contributed by atoms with Gasteiger partial charge in [0.25, 0.3) is 0 Å². The Labute approximate surface area is 78.2 Å². The lowest BCUT2D eigenvalue weighted by Crippen LogP contribution is -2.30. The second-order valence-corrected chi connectivity index (χ2v) is 3.77. The molecule has 1 aliphatic heterocycles. The number of rotatable bonds is 0. The Kier molecular flexibility index (Phi) is 2.01. The highest BCUT2D eigenvalue weighted by atomic mass is 31.0. The van der Waals surface area contributed by atoms with Gasteiger partial charge in [-0.15, -0.1) is 0 Å². The molecule has 0 N–H and O–H groups in total. The fourth-order valence-electron chi connectivity index (χ4n) is 1.28. The van der Waals surface area contributed by atoms with Crippen LogP contribution < -0.4 is 4.74 Å². The van der Waals surface area contributed by atoms with E-state index in [0.29, 0.717) is 5.75 Å². The summed E-state index contributed by atoms with van der Waals surface area (Å²) in [4.78, 5) is 0. The van der Waals surface area contributed by atoms with Crippen LogP contribution in [0.15, 0.2) is 18.2 Å². The summed E-state index contributed by atoms with van der Waals surface area (Å²) in [5.74, 6) is -1.52. The third kappa shape index (κ3) is 1.82. The molecule has 1 aromatic carbocycles. The number of aryl methyl sites for hydroxylation is 1. The molecule has 0 aromatic heterocycles. The molecule has 0 amide bonds. The maximum absolute atomic E-state index is 13.2. The quantitative estimate of drug-likeness (QED) is 0.598. The lowest BCUT2D eigenvalue weighted by Gasteiger charge is -2.28. The first-order chi connectivity index (χ1) is 6.07. The van der Waals surface area contributed by atoms with E-state index in [2.05, 4.69) is 0 Å². The summed E-state index contributed by atoms with van der Waals surface area (Å²) in [6, 6.07) is 5.56. The van der Waals surface area contributed by atoms with Gasteiger partial charge in [-0.3, -0.25) is 0 Å². The molecule has 0 fully saturated rings. The molecule has 2 rings (SSSR count). The van der Waals surface area contributed by atoms with Crippen molar-refractivity contribution in [3.05, 3.63) is 29.3 Å². The van der Waals surface area contributed by atoms with Crippen LogP contribution in [0.5, 0.6) is 5.75 Å². The van der Waals surface area contributed by atoms with Gasteiger partial charge in [-0.25, -0.2) is 0 Å². The summed E-state index contributed by atoms with van der Waals surface area (Å²) < 4.78 is 22.9. The van der Waals surface area contributed by atoms with Crippen molar-refractivity contribution in [2.45, 2.75) is 19.3 Å². The molecule has 1 aromatic rings. The molecule has 0 radical (unpaired) electrons. The lowest BCUT2D eigenvalue weighted by atomic mass is 10.1. The van der Waals surface area contributed by atoms with E-state index < -0.39 is 5.78 Å². The first-order valence-corrected chi connectivity index (χ1v) is 4.55. The minimum Gasteiger partial charge on any atom is -0.433 e. The zero-order chi connectivity index (χ0) is 9.47. The molecule has 2 atom stereocenters. The average molecular weight is 200 g/mol. The van der Waals surface area contributed by atoms with E-state index in [1.807, 2.05) is 28.3 Å². The lowest BCUT2D eigenvalue weighted by molar-refractivity contribution is -0.220. The van der Waals surface area contributed by atoms with E-state index in [0.717, 1.165) is 11.1 Å². The van der Waals surface area contributed by atoms with Crippen LogP contribution in [0.2, 0.25) is 0 Å². The van der Waals surface area contributed by atoms with Gasteiger partial charge in [0, 0.05) is 5.56 Å². The third-order valence-corrected chi connectivity index (χ3v) is 2.17. The summed E-state index contributed by atoms with van der Waals surface area (Å²) in [5, 5.41) is 0. The zero-order valence-electron chi connectivity index (χ0n) is 7.21. The number of benzene rings is 1. The second-order valence-electron chi connectivity index (χ2n) is 3.08. The molecule has 0 saturated carbocycles. The largest absolute Gasteiger partial charge is 0.433 e. The molecular formula is C9H10FO2P. The van der Waals surface area contributed by atoms with Gasteiger partial charge in [0.2, 0.25) is 0 Å². The standard InChI is InChI=1S/C9H10FO2P/c1-6-2-3-8-7(4-6)5-11-9(10,13)12-8/h2-4H,5,13H2,1H3. The number of halogens is 1. The highest BCUT2D eigenvalue weighted by molar-refractivity contribution is 7.17. The molecule has 70 valence electrons. The third-order valence-electron chi connectivity index (χ3n) is 1.89. The van der Waals surface area contributed by atoms with Gasteiger partial charge in [0.15, 0.2) is 0 Å². The fourth-order valence-corrected chi connectivity index (χ4v) is 1.49. The first-order valence-electron chi connectivity index (χ1n) is 3.97. The van der Waals surface area contributed by atoms with E-state index in [-0.39, 0.29) is 6.61 Å². The molecule has 2 unspecified atom stereocenters. The first kappa shape index (κ1) is 8.92. The van der Waals surface area contributed by atoms with Crippen molar-refractivity contribution in [2.24, 2.45) is 0 Å². The van der Waals surface area contributed by atoms with Crippen molar-refractivity contribution in [3.8, 4) is 5.75 Å². The van der Waals surface area contributed by atoms with Gasteiger partial charge in [0.05, 0.1) is 6.61 Å². The van der Waals surface area contributed by atoms with Crippen molar-refractivity contribution in [1.82, 2.24) is 0 Å². The predicted octanol–water partition coefficient (Wildman–Crippen LogP) is 2.36. The van der Waals surface area contributed by atoms with Gasteiger partial charge in [-0.1, -0.05) is 17.7 Å². The predicted molar refractivity (Wildman–Crippen MR) is 50.1 cm³/mol. The normalized spacial score (nSPS) is 26.4. The molecule has 1 heterocycles. The minimum atomic E-state index is -2.07. The van der Waals surface area contributed by atoms with Crippen LogP contribution in [0.4, 0.5) is 4.39 Å². The molecular weight excluding hydrogens is 190 g/mol. The van der Waals surface area contributed by atoms with Gasteiger partial charge >= 0.3 is 5.78 Å². The Morgan fingerprint density at radius 2 is 2.31 bits per heavy atom.